The quantitative estimate of drug-likeness (QED) is 0.806. The summed E-state index contributed by atoms with van der Waals surface area (Å²) in [5.74, 6) is 0.461. The van der Waals surface area contributed by atoms with Crippen molar-refractivity contribution in [1.82, 2.24) is 4.90 Å². The summed E-state index contributed by atoms with van der Waals surface area (Å²) in [6, 6.07) is 4.53. The Kier molecular flexibility index (Phi) is 5.20. The van der Waals surface area contributed by atoms with E-state index in [0.29, 0.717) is 5.92 Å². The maximum Gasteiger partial charge on any atom is 0.157 e. The second-order valence-electron chi connectivity index (χ2n) is 6.46. The van der Waals surface area contributed by atoms with E-state index < -0.39 is 5.54 Å². The number of nitrogens with zero attached hydrogens (tertiary/aromatic N) is 1. The summed E-state index contributed by atoms with van der Waals surface area (Å²) in [6.07, 6.45) is 4.34. The number of halogens is 2. The molecule has 1 aromatic rings. The lowest BCUT2D eigenvalue weighted by molar-refractivity contribution is -0.132. The van der Waals surface area contributed by atoms with Gasteiger partial charge in [-0.05, 0) is 56.6 Å². The largest absolute Gasteiger partial charge is 0.297 e. The molecule has 0 aromatic heterocycles. The lowest BCUT2D eigenvalue weighted by Crippen LogP contribution is -2.54. The van der Waals surface area contributed by atoms with Gasteiger partial charge in [0.05, 0.1) is 5.54 Å². The molecule has 2 nitrogen and oxygen atoms in total. The van der Waals surface area contributed by atoms with E-state index in [9.17, 15) is 9.18 Å². The molecule has 0 N–H and O–H groups in total. The monoisotopic (exact) mass is 355 g/mol. The zero-order valence-corrected chi connectivity index (χ0v) is 14.5. The van der Waals surface area contributed by atoms with Gasteiger partial charge in [0.25, 0.3) is 0 Å². The molecule has 0 heterocycles. The van der Waals surface area contributed by atoms with Crippen LogP contribution in [0.3, 0.4) is 0 Å². The second kappa shape index (κ2) is 6.57. The van der Waals surface area contributed by atoms with Crippen molar-refractivity contribution in [2.45, 2.75) is 44.6 Å². The smallest absolute Gasteiger partial charge is 0.157 e. The Labute approximate surface area is 134 Å². The number of rotatable bonds is 4. The molecule has 2 unspecified atom stereocenters. The van der Waals surface area contributed by atoms with Crippen LogP contribution in [0.25, 0.3) is 0 Å². The van der Waals surface area contributed by atoms with Gasteiger partial charge in [-0.1, -0.05) is 35.7 Å². The Bertz CT molecular complexity index is 532. The number of carbonyl (C=O) groups excluding carboxylic acids is 1. The predicted octanol–water partition coefficient (Wildman–Crippen LogP) is 4.21. The molecule has 0 spiro atoms. The predicted molar refractivity (Wildman–Crippen MR) is 86.9 cm³/mol. The first kappa shape index (κ1) is 16.6. The average Bonchev–Trinajstić information content (AvgIpc) is 2.42. The van der Waals surface area contributed by atoms with Crippen LogP contribution in [0.5, 0.6) is 0 Å². The summed E-state index contributed by atoms with van der Waals surface area (Å²) in [5.41, 5.74) is 0.336. The summed E-state index contributed by atoms with van der Waals surface area (Å²) >= 11 is 3.42. The fourth-order valence-electron chi connectivity index (χ4n) is 3.45. The number of hydrogen-bond donors (Lipinski definition) is 0. The Morgan fingerprint density at radius 2 is 2.19 bits per heavy atom. The van der Waals surface area contributed by atoms with Gasteiger partial charge in [-0.25, -0.2) is 4.39 Å². The van der Waals surface area contributed by atoms with E-state index in [1.807, 2.05) is 14.1 Å². The van der Waals surface area contributed by atoms with Crippen LogP contribution in [0.4, 0.5) is 4.39 Å². The molecule has 4 heteroatoms. The van der Waals surface area contributed by atoms with E-state index in [0.717, 1.165) is 29.3 Å². The van der Waals surface area contributed by atoms with Crippen LogP contribution in [-0.2, 0) is 11.2 Å². The van der Waals surface area contributed by atoms with Crippen LogP contribution < -0.4 is 0 Å². The Hall–Kier alpha value is -0.740. The fraction of sp³-hybridized carbons (Fsp3) is 0.588. The van der Waals surface area contributed by atoms with E-state index in [2.05, 4.69) is 27.8 Å². The van der Waals surface area contributed by atoms with Gasteiger partial charge in [0.2, 0.25) is 0 Å². The minimum atomic E-state index is -0.399. The molecule has 1 aromatic carbocycles. The highest BCUT2D eigenvalue weighted by Gasteiger charge is 2.43. The molecular formula is C17H23BrFNO. The molecule has 1 saturated carbocycles. The summed E-state index contributed by atoms with van der Waals surface area (Å²) in [5, 5.41) is 0. The van der Waals surface area contributed by atoms with Gasteiger partial charge >= 0.3 is 0 Å². The van der Waals surface area contributed by atoms with E-state index in [4.69, 9.17) is 0 Å². The lowest BCUT2D eigenvalue weighted by atomic mass is 9.72. The summed E-state index contributed by atoms with van der Waals surface area (Å²) in [7, 11) is 3.97. The van der Waals surface area contributed by atoms with Gasteiger partial charge < -0.3 is 0 Å². The molecule has 21 heavy (non-hydrogen) atoms. The zero-order valence-electron chi connectivity index (χ0n) is 13.0. The highest BCUT2D eigenvalue weighted by molar-refractivity contribution is 9.10. The molecule has 0 radical (unpaired) electrons. The first-order valence-corrected chi connectivity index (χ1v) is 8.29. The second-order valence-corrected chi connectivity index (χ2v) is 7.32. The Morgan fingerprint density at radius 1 is 1.48 bits per heavy atom. The summed E-state index contributed by atoms with van der Waals surface area (Å²) < 4.78 is 14.2. The summed E-state index contributed by atoms with van der Waals surface area (Å²) in [4.78, 5) is 15.0. The van der Waals surface area contributed by atoms with Gasteiger partial charge in [-0.3, -0.25) is 9.69 Å². The maximum atomic E-state index is 13.4. The van der Waals surface area contributed by atoms with Crippen molar-refractivity contribution in [3.05, 3.63) is 34.1 Å². The van der Waals surface area contributed by atoms with E-state index in [1.54, 1.807) is 6.07 Å². The molecule has 0 aliphatic heterocycles. The first-order valence-electron chi connectivity index (χ1n) is 7.50. The number of ketones is 1. The number of carbonyl (C=O) groups is 1. The van der Waals surface area contributed by atoms with Crippen LogP contribution >= 0.6 is 15.9 Å². The number of benzene rings is 1. The molecule has 0 bridgehead atoms. The Morgan fingerprint density at radius 3 is 2.81 bits per heavy atom. The van der Waals surface area contributed by atoms with Crippen molar-refractivity contribution in [2.24, 2.45) is 5.92 Å². The van der Waals surface area contributed by atoms with Crippen LogP contribution in [0, 0.1) is 11.7 Å². The molecule has 0 saturated heterocycles. The van der Waals surface area contributed by atoms with Gasteiger partial charge in [-0.2, -0.15) is 0 Å². The minimum Gasteiger partial charge on any atom is -0.297 e. The van der Waals surface area contributed by atoms with Crippen molar-refractivity contribution in [3.8, 4) is 0 Å². The first-order chi connectivity index (χ1) is 9.85. The van der Waals surface area contributed by atoms with Crippen molar-refractivity contribution < 1.29 is 9.18 Å². The molecule has 2 atom stereocenters. The van der Waals surface area contributed by atoms with Gasteiger partial charge in [0, 0.05) is 10.9 Å². The molecular weight excluding hydrogens is 333 g/mol. The van der Waals surface area contributed by atoms with Gasteiger partial charge in [-0.15, -0.1) is 0 Å². The average molecular weight is 356 g/mol. The molecule has 2 rings (SSSR count). The van der Waals surface area contributed by atoms with E-state index in [1.165, 1.54) is 18.6 Å². The van der Waals surface area contributed by atoms with Crippen molar-refractivity contribution in [1.29, 1.82) is 0 Å². The highest BCUT2D eigenvalue weighted by atomic mass is 79.9. The maximum absolute atomic E-state index is 13.4. The molecule has 116 valence electrons. The third kappa shape index (κ3) is 3.54. The minimum absolute atomic E-state index is 0.199. The zero-order chi connectivity index (χ0) is 15.6. The van der Waals surface area contributed by atoms with E-state index in [-0.39, 0.29) is 18.0 Å². The number of Topliss-reactive ketones (excluding diaryl/α,β-unsaturated/α-hetero) is 1. The lowest BCUT2D eigenvalue weighted by Gasteiger charge is -2.44. The summed E-state index contributed by atoms with van der Waals surface area (Å²) in [6.45, 7) is 2.21. The Balaban J connectivity index is 2.25. The van der Waals surface area contributed by atoms with Crippen molar-refractivity contribution in [3.63, 3.8) is 0 Å². The van der Waals surface area contributed by atoms with Crippen LogP contribution in [0.15, 0.2) is 22.7 Å². The topological polar surface area (TPSA) is 20.3 Å². The number of hydrogen-bond acceptors (Lipinski definition) is 2. The van der Waals surface area contributed by atoms with Crippen LogP contribution in [-0.4, -0.2) is 30.3 Å². The van der Waals surface area contributed by atoms with Gasteiger partial charge in [0.15, 0.2) is 5.78 Å². The third-order valence-corrected chi connectivity index (χ3v) is 5.48. The van der Waals surface area contributed by atoms with Crippen LogP contribution in [0.1, 0.15) is 38.2 Å². The highest BCUT2D eigenvalue weighted by Crippen LogP contribution is 2.37. The molecule has 1 aliphatic carbocycles. The van der Waals surface area contributed by atoms with E-state index >= 15 is 0 Å². The SMILES string of the molecule is CC1CCCC(C(=O)Cc2cc(F)ccc2Br)(N(C)C)C1. The molecule has 1 aliphatic rings. The van der Waals surface area contributed by atoms with Gasteiger partial charge in [0.1, 0.15) is 5.82 Å². The third-order valence-electron chi connectivity index (χ3n) is 4.71. The molecule has 1 fully saturated rings. The van der Waals surface area contributed by atoms with Crippen molar-refractivity contribution >= 4 is 21.7 Å². The fourth-order valence-corrected chi connectivity index (χ4v) is 3.84. The molecule has 0 amide bonds. The number of likely N-dealkylation sites (N-methyl/N-ethyl adjacent to an activating group) is 1. The normalized spacial score (nSPS) is 26.1. The van der Waals surface area contributed by atoms with Crippen LogP contribution in [0.2, 0.25) is 0 Å². The standard InChI is InChI=1S/C17H23BrFNO/c1-12-5-4-8-17(11-12,20(2)3)16(21)10-13-9-14(19)6-7-15(13)18/h6-7,9,12H,4-5,8,10-11H2,1-3H3. The van der Waals surface area contributed by atoms with Crippen molar-refractivity contribution in [2.75, 3.05) is 14.1 Å².